The van der Waals surface area contributed by atoms with Crippen molar-refractivity contribution in [2.75, 3.05) is 13.5 Å². The molecule has 0 N–H and O–H groups in total. The fourth-order valence-electron chi connectivity index (χ4n) is 3.71. The molecule has 2 unspecified atom stereocenters. The molecule has 2 fully saturated rings. The molecule has 1 aromatic rings. The van der Waals surface area contributed by atoms with Gasteiger partial charge in [-0.2, -0.15) is 0 Å². The van der Waals surface area contributed by atoms with Crippen molar-refractivity contribution in [1.82, 2.24) is 4.90 Å². The third-order valence-electron chi connectivity index (χ3n) is 4.91. The number of aryl methyl sites for hydroxylation is 1. The molecule has 1 aromatic carbocycles. The smallest absolute Gasteiger partial charge is 0.108 e. The number of ether oxygens (including phenoxy) is 1. The summed E-state index contributed by atoms with van der Waals surface area (Å²) in [4.78, 5) is 1.23. The van der Waals surface area contributed by atoms with Crippen LogP contribution in [0, 0.1) is 6.92 Å². The van der Waals surface area contributed by atoms with Crippen molar-refractivity contribution in [2.45, 2.75) is 63.7 Å². The maximum Gasteiger partial charge on any atom is 0.108 e. The predicted octanol–water partition coefficient (Wildman–Crippen LogP) is 4.09. The summed E-state index contributed by atoms with van der Waals surface area (Å²) < 4.78 is 38.3. The topological polar surface area (TPSA) is 12.5 Å². The molecule has 1 aliphatic carbocycles. The van der Waals surface area contributed by atoms with Crippen LogP contribution >= 0.6 is 0 Å². The van der Waals surface area contributed by atoms with Crippen molar-refractivity contribution in [3.8, 4) is 0 Å². The minimum absolute atomic E-state index is 0.0164. The van der Waals surface area contributed by atoms with Crippen molar-refractivity contribution in [1.29, 1.82) is 0 Å². The van der Waals surface area contributed by atoms with Gasteiger partial charge in [-0.1, -0.05) is 49.1 Å². The van der Waals surface area contributed by atoms with Crippen LogP contribution in [0.5, 0.6) is 0 Å². The lowest BCUT2D eigenvalue weighted by Gasteiger charge is -2.52. The Kier molecular flexibility index (Phi) is 2.74. The first-order chi connectivity index (χ1) is 11.1. The molecule has 2 heteroatoms. The molecular weight excluding hydrogens is 246 g/mol. The van der Waals surface area contributed by atoms with Crippen LogP contribution in [0.4, 0.5) is 0 Å². The lowest BCUT2D eigenvalue weighted by Crippen LogP contribution is -2.55. The van der Waals surface area contributed by atoms with Crippen LogP contribution < -0.4 is 0 Å². The summed E-state index contributed by atoms with van der Waals surface area (Å²) in [6.45, 7) is 1.61. The van der Waals surface area contributed by atoms with Gasteiger partial charge >= 0.3 is 0 Å². The third-order valence-corrected chi connectivity index (χ3v) is 4.91. The van der Waals surface area contributed by atoms with E-state index in [2.05, 4.69) is 24.3 Å². The van der Waals surface area contributed by atoms with Crippen LogP contribution in [-0.4, -0.2) is 30.2 Å². The van der Waals surface area contributed by atoms with Gasteiger partial charge in [-0.25, -0.2) is 0 Å². The number of likely N-dealkylation sites (N-methyl/N-ethyl adjacent to an activating group) is 1. The maximum atomic E-state index is 8.53. The molecule has 0 radical (unpaired) electrons. The second-order valence-corrected chi connectivity index (χ2v) is 6.32. The lowest BCUT2D eigenvalue weighted by molar-refractivity contribution is -0.205. The quantitative estimate of drug-likeness (QED) is 0.766. The Bertz CT molecular complexity index is 576. The Hall–Kier alpha value is -0.860. The van der Waals surface area contributed by atoms with Crippen LogP contribution in [0.15, 0.2) is 24.3 Å². The molecule has 0 aromatic heterocycles. The first-order valence-corrected chi connectivity index (χ1v) is 7.69. The van der Waals surface area contributed by atoms with Gasteiger partial charge in [-0.3, -0.25) is 4.90 Å². The van der Waals surface area contributed by atoms with E-state index in [0.717, 1.165) is 31.2 Å². The minimum atomic E-state index is -2.34. The van der Waals surface area contributed by atoms with Gasteiger partial charge in [-0.15, -0.1) is 0 Å². The maximum absolute atomic E-state index is 8.53. The van der Waals surface area contributed by atoms with E-state index in [9.17, 15) is 0 Å². The highest BCUT2D eigenvalue weighted by molar-refractivity contribution is 5.28. The van der Waals surface area contributed by atoms with Crippen molar-refractivity contribution in [3.05, 3.63) is 35.4 Å². The Morgan fingerprint density at radius 3 is 2.60 bits per heavy atom. The molecule has 1 heterocycles. The van der Waals surface area contributed by atoms with Crippen molar-refractivity contribution < 1.29 is 10.2 Å². The summed E-state index contributed by atoms with van der Waals surface area (Å²) in [6.07, 6.45) is 3.61. The van der Waals surface area contributed by atoms with Crippen LogP contribution in [0.25, 0.3) is 0 Å². The van der Waals surface area contributed by atoms with E-state index in [4.69, 9.17) is 10.2 Å². The van der Waals surface area contributed by atoms with Gasteiger partial charge in [0.2, 0.25) is 0 Å². The summed E-state index contributed by atoms with van der Waals surface area (Å²) in [5.74, 6) is -0.0164. The third kappa shape index (κ3) is 2.51. The largest absolute Gasteiger partial charge is 0.356 e. The van der Waals surface area contributed by atoms with Gasteiger partial charge in [0.25, 0.3) is 0 Å². The Balaban J connectivity index is 2.02. The summed E-state index contributed by atoms with van der Waals surface area (Å²) in [5.41, 5.74) is 1.88. The Morgan fingerprint density at radius 2 is 1.95 bits per heavy atom. The van der Waals surface area contributed by atoms with Crippen molar-refractivity contribution in [3.63, 3.8) is 0 Å². The van der Waals surface area contributed by atoms with E-state index in [0.29, 0.717) is 6.54 Å². The molecule has 1 saturated heterocycles. The number of hydrogen-bond acceptors (Lipinski definition) is 2. The lowest BCUT2D eigenvalue weighted by atomic mass is 9.71. The average molecular weight is 277 g/mol. The number of rotatable bonds is 1. The zero-order chi connectivity index (χ0) is 17.6. The summed E-state index contributed by atoms with van der Waals surface area (Å²) in [6, 6.07) is 8.31. The van der Waals surface area contributed by atoms with Crippen LogP contribution in [0.3, 0.4) is 0 Å². The standard InChI is InChI=1S/C18H27NO/c1-14-7-9-16(10-8-14)17-13-19(3)15(2)20-18(17)11-5-4-6-12-18/h7-10,15,17H,4-6,11-13H2,1-3H3/i3D3,15D. The number of nitrogens with zero attached hydrogens (tertiary/aromatic N) is 1. The second-order valence-electron chi connectivity index (χ2n) is 6.32. The SMILES string of the molecule is [2H]C([2H])([2H])N1CC(c2ccc(C)cc2)C2(CCCCC2)OC1([2H])C. The molecule has 1 spiro atoms. The summed E-state index contributed by atoms with van der Waals surface area (Å²) >= 11 is 0. The Morgan fingerprint density at radius 1 is 1.25 bits per heavy atom. The molecule has 2 aliphatic rings. The molecule has 1 saturated carbocycles. The average Bonchev–Trinajstić information content (AvgIpc) is 2.47. The summed E-state index contributed by atoms with van der Waals surface area (Å²) in [7, 11) is 0. The molecule has 3 rings (SSSR count). The molecule has 0 amide bonds. The molecule has 2 atom stereocenters. The van der Waals surface area contributed by atoms with E-state index in [1.165, 1.54) is 16.9 Å². The zero-order valence-electron chi connectivity index (χ0n) is 16.5. The van der Waals surface area contributed by atoms with E-state index in [-0.39, 0.29) is 5.92 Å². The minimum Gasteiger partial charge on any atom is -0.356 e. The van der Waals surface area contributed by atoms with Gasteiger partial charge in [0.05, 0.1) is 6.97 Å². The summed E-state index contributed by atoms with van der Waals surface area (Å²) in [5, 5.41) is 0. The molecule has 2 nitrogen and oxygen atoms in total. The molecule has 0 bridgehead atoms. The van der Waals surface area contributed by atoms with E-state index in [1.54, 1.807) is 6.92 Å². The highest BCUT2D eigenvalue weighted by Crippen LogP contribution is 2.46. The molecule has 110 valence electrons. The highest BCUT2D eigenvalue weighted by atomic mass is 16.5. The molecule has 20 heavy (non-hydrogen) atoms. The van der Waals surface area contributed by atoms with Crippen molar-refractivity contribution >= 4 is 0 Å². The van der Waals surface area contributed by atoms with Crippen LogP contribution in [0.2, 0.25) is 0 Å². The van der Waals surface area contributed by atoms with Gasteiger partial charge in [0.15, 0.2) is 0 Å². The number of hydrogen-bond donors (Lipinski definition) is 0. The van der Waals surface area contributed by atoms with E-state index in [1.807, 2.05) is 6.92 Å². The van der Waals surface area contributed by atoms with Gasteiger partial charge in [0.1, 0.15) is 6.20 Å². The van der Waals surface area contributed by atoms with Crippen LogP contribution in [-0.2, 0) is 4.74 Å². The monoisotopic (exact) mass is 277 g/mol. The van der Waals surface area contributed by atoms with Crippen molar-refractivity contribution in [2.24, 2.45) is 0 Å². The second kappa shape index (κ2) is 5.50. The molecular formula is C18H27NO. The van der Waals surface area contributed by atoms with Gasteiger partial charge in [0, 0.05) is 16.6 Å². The predicted molar refractivity (Wildman–Crippen MR) is 82.9 cm³/mol. The normalized spacial score (nSPS) is 37.8. The van der Waals surface area contributed by atoms with Gasteiger partial charge < -0.3 is 4.74 Å². The fraction of sp³-hybridized carbons (Fsp3) is 0.667. The first-order valence-electron chi connectivity index (χ1n) is 9.69. The fourth-order valence-corrected chi connectivity index (χ4v) is 3.71. The molecule has 1 aliphatic heterocycles. The zero-order valence-corrected chi connectivity index (χ0v) is 12.5. The van der Waals surface area contributed by atoms with Gasteiger partial charge in [-0.05, 0) is 39.2 Å². The van der Waals surface area contributed by atoms with E-state index < -0.39 is 18.8 Å². The number of benzene rings is 1. The first kappa shape index (κ1) is 9.97. The highest BCUT2D eigenvalue weighted by Gasteiger charge is 2.46. The van der Waals surface area contributed by atoms with E-state index >= 15 is 0 Å². The van der Waals surface area contributed by atoms with Crippen LogP contribution in [0.1, 0.15) is 61.6 Å². The Labute approximate surface area is 128 Å².